The van der Waals surface area contributed by atoms with Crippen molar-refractivity contribution in [3.05, 3.63) is 72.1 Å². The topological polar surface area (TPSA) is 126 Å². The van der Waals surface area contributed by atoms with E-state index in [9.17, 15) is 9.59 Å². The molecule has 1 aliphatic carbocycles. The third-order valence-electron chi connectivity index (χ3n) is 5.42. The van der Waals surface area contributed by atoms with Gasteiger partial charge in [-0.25, -0.2) is 9.78 Å². The molecular formula is C23H20N6O2. The lowest BCUT2D eigenvalue weighted by atomic mass is 9.99. The van der Waals surface area contributed by atoms with Crippen molar-refractivity contribution < 1.29 is 9.59 Å². The number of nitrogens with zero attached hydrogens (tertiary/aromatic N) is 2. The number of hydrogen-bond acceptors (Lipinski definition) is 4. The maximum absolute atomic E-state index is 12.5. The van der Waals surface area contributed by atoms with E-state index < -0.39 is 5.91 Å². The van der Waals surface area contributed by atoms with Crippen LogP contribution in [0.5, 0.6) is 0 Å². The summed E-state index contributed by atoms with van der Waals surface area (Å²) in [6.07, 6.45) is 3.56. The fourth-order valence-corrected chi connectivity index (χ4v) is 4.07. The molecule has 1 aliphatic rings. The van der Waals surface area contributed by atoms with Crippen LogP contribution in [0.25, 0.3) is 33.5 Å². The molecule has 0 aliphatic heterocycles. The molecule has 2 heterocycles. The molecule has 0 saturated heterocycles. The van der Waals surface area contributed by atoms with Gasteiger partial charge in [0.2, 0.25) is 5.91 Å². The Balaban J connectivity index is 1.54. The van der Waals surface area contributed by atoms with E-state index in [1.54, 1.807) is 12.4 Å². The van der Waals surface area contributed by atoms with E-state index in [0.717, 1.165) is 44.7 Å². The minimum absolute atomic E-state index is 0.0936. The van der Waals surface area contributed by atoms with Crippen LogP contribution in [0.2, 0.25) is 0 Å². The van der Waals surface area contributed by atoms with Crippen molar-refractivity contribution in [2.45, 2.75) is 12.5 Å². The summed E-state index contributed by atoms with van der Waals surface area (Å²) in [4.78, 5) is 35.6. The molecule has 3 amide bonds. The first-order valence-corrected chi connectivity index (χ1v) is 9.97. The van der Waals surface area contributed by atoms with Crippen LogP contribution in [-0.2, 0) is 4.79 Å². The van der Waals surface area contributed by atoms with Gasteiger partial charge in [0.05, 0.1) is 23.3 Å². The highest BCUT2D eigenvalue weighted by atomic mass is 16.2. The molecule has 0 radical (unpaired) electrons. The number of rotatable bonds is 5. The molecule has 0 saturated carbocycles. The summed E-state index contributed by atoms with van der Waals surface area (Å²) in [5.74, 6) is 0.295. The molecule has 154 valence electrons. The van der Waals surface area contributed by atoms with Crippen LogP contribution in [-0.4, -0.2) is 33.4 Å². The van der Waals surface area contributed by atoms with Gasteiger partial charge < -0.3 is 21.4 Å². The highest BCUT2D eigenvalue weighted by molar-refractivity contribution is 5.92. The predicted molar refractivity (Wildman–Crippen MR) is 117 cm³/mol. The van der Waals surface area contributed by atoms with Crippen LogP contribution < -0.4 is 16.4 Å². The number of pyridine rings is 1. The number of carbonyl (C=O) groups is 2. The van der Waals surface area contributed by atoms with Gasteiger partial charge in [0.15, 0.2) is 0 Å². The summed E-state index contributed by atoms with van der Waals surface area (Å²) < 4.78 is 0. The lowest BCUT2D eigenvalue weighted by molar-refractivity contribution is -0.117. The van der Waals surface area contributed by atoms with Gasteiger partial charge in [-0.1, -0.05) is 42.5 Å². The third-order valence-corrected chi connectivity index (χ3v) is 5.42. The number of hydrogen-bond donors (Lipinski definition) is 4. The first-order chi connectivity index (χ1) is 15.1. The van der Waals surface area contributed by atoms with E-state index in [4.69, 9.17) is 10.7 Å². The van der Waals surface area contributed by atoms with Crippen LogP contribution in [0.1, 0.15) is 23.6 Å². The van der Waals surface area contributed by atoms with Gasteiger partial charge >= 0.3 is 6.03 Å². The lowest BCUT2D eigenvalue weighted by Crippen LogP contribution is -2.39. The number of primary amides is 1. The Morgan fingerprint density at radius 3 is 2.68 bits per heavy atom. The molecule has 0 fully saturated rings. The number of amides is 3. The van der Waals surface area contributed by atoms with Gasteiger partial charge in [-0.05, 0) is 28.3 Å². The smallest absolute Gasteiger partial charge is 0.315 e. The number of benzene rings is 2. The Morgan fingerprint density at radius 2 is 1.84 bits per heavy atom. The van der Waals surface area contributed by atoms with Gasteiger partial charge in [-0.3, -0.25) is 9.78 Å². The average molecular weight is 412 g/mol. The molecule has 4 aromatic rings. The second-order valence-electron chi connectivity index (χ2n) is 7.38. The molecule has 8 heteroatoms. The Morgan fingerprint density at radius 1 is 1.03 bits per heavy atom. The molecule has 8 nitrogen and oxygen atoms in total. The molecule has 0 spiro atoms. The first kappa shape index (κ1) is 18.8. The summed E-state index contributed by atoms with van der Waals surface area (Å²) in [7, 11) is 0. The molecule has 1 atom stereocenters. The van der Waals surface area contributed by atoms with Gasteiger partial charge in [-0.15, -0.1) is 0 Å². The first-order valence-electron chi connectivity index (χ1n) is 9.97. The van der Waals surface area contributed by atoms with Crippen LogP contribution in [0, 0.1) is 0 Å². The van der Waals surface area contributed by atoms with Gasteiger partial charge in [-0.2, -0.15) is 0 Å². The van der Waals surface area contributed by atoms with E-state index in [-0.39, 0.29) is 25.0 Å². The maximum atomic E-state index is 12.5. The number of carbonyl (C=O) groups excluding carboxylic acids is 2. The Hall–Kier alpha value is -4.20. The number of nitrogens with one attached hydrogen (secondary N) is 3. The molecule has 0 bridgehead atoms. The highest BCUT2D eigenvalue weighted by Crippen LogP contribution is 2.47. The standard InChI is InChI=1S/C23H20N6O2/c24-19(30)9-11-26-23(31)29-21-14-5-2-1-4-13(14)20-15(21)6-3-7-16(20)22-27-17-8-10-25-12-18(17)28-22/h1-8,10,12,21H,9,11H2,(H2,24,30)(H,27,28)(H2,26,29,31)/t21-/m1/s1. The number of aromatic amines is 1. The number of aromatic nitrogens is 3. The second kappa shape index (κ2) is 7.56. The molecule has 31 heavy (non-hydrogen) atoms. The van der Waals surface area contributed by atoms with Crippen molar-refractivity contribution >= 4 is 23.0 Å². The Bertz CT molecular complexity index is 1280. The molecule has 5 rings (SSSR count). The molecule has 2 aromatic heterocycles. The third kappa shape index (κ3) is 3.38. The van der Waals surface area contributed by atoms with Gasteiger partial charge in [0, 0.05) is 24.7 Å². The number of imidazole rings is 1. The van der Waals surface area contributed by atoms with Crippen LogP contribution in [0.4, 0.5) is 4.79 Å². The number of H-pyrrole nitrogens is 1. The molecule has 0 unspecified atom stereocenters. The summed E-state index contributed by atoms with van der Waals surface area (Å²) in [5, 5.41) is 5.72. The largest absolute Gasteiger partial charge is 0.370 e. The minimum Gasteiger partial charge on any atom is -0.370 e. The minimum atomic E-state index is -0.456. The van der Waals surface area contributed by atoms with E-state index in [1.807, 2.05) is 42.5 Å². The summed E-state index contributed by atoms with van der Waals surface area (Å²) in [5.41, 5.74) is 11.9. The van der Waals surface area contributed by atoms with E-state index >= 15 is 0 Å². The highest BCUT2D eigenvalue weighted by Gasteiger charge is 2.32. The summed E-state index contributed by atoms with van der Waals surface area (Å²) in [6, 6.07) is 15.2. The van der Waals surface area contributed by atoms with Crippen molar-refractivity contribution in [3.63, 3.8) is 0 Å². The SMILES string of the molecule is NC(=O)CCNC(=O)N[C@@H]1c2ccccc2-c2c(-c3nc4ccncc4[nH]3)cccc21. The van der Waals surface area contributed by atoms with Crippen molar-refractivity contribution in [3.8, 4) is 22.5 Å². The number of nitrogens with two attached hydrogens (primary N) is 1. The van der Waals surface area contributed by atoms with E-state index in [0.29, 0.717) is 0 Å². The Labute approximate surface area is 177 Å². The zero-order chi connectivity index (χ0) is 21.4. The number of urea groups is 1. The fourth-order valence-electron chi connectivity index (χ4n) is 4.07. The van der Waals surface area contributed by atoms with Crippen molar-refractivity contribution in [1.29, 1.82) is 0 Å². The second-order valence-corrected chi connectivity index (χ2v) is 7.38. The summed E-state index contributed by atoms with van der Waals surface area (Å²) in [6.45, 7) is 0.190. The van der Waals surface area contributed by atoms with Gasteiger partial charge in [0.25, 0.3) is 0 Å². The van der Waals surface area contributed by atoms with Gasteiger partial charge in [0.1, 0.15) is 5.82 Å². The Kier molecular flexibility index (Phi) is 4.59. The van der Waals surface area contributed by atoms with Crippen molar-refractivity contribution in [2.24, 2.45) is 5.73 Å². The predicted octanol–water partition coefficient (Wildman–Crippen LogP) is 2.87. The number of fused-ring (bicyclic) bond motifs is 4. The zero-order valence-electron chi connectivity index (χ0n) is 16.6. The van der Waals surface area contributed by atoms with Crippen LogP contribution in [0.3, 0.4) is 0 Å². The fraction of sp³-hybridized carbons (Fsp3) is 0.130. The normalized spacial score (nSPS) is 14.1. The van der Waals surface area contributed by atoms with Crippen LogP contribution in [0.15, 0.2) is 60.9 Å². The van der Waals surface area contributed by atoms with Crippen molar-refractivity contribution in [1.82, 2.24) is 25.6 Å². The van der Waals surface area contributed by atoms with Crippen LogP contribution >= 0.6 is 0 Å². The van der Waals surface area contributed by atoms with E-state index in [2.05, 4.69) is 26.7 Å². The quantitative estimate of drug-likeness (QED) is 0.402. The summed E-state index contributed by atoms with van der Waals surface area (Å²) >= 11 is 0. The van der Waals surface area contributed by atoms with E-state index in [1.165, 1.54) is 0 Å². The zero-order valence-corrected chi connectivity index (χ0v) is 16.6. The molecule has 5 N–H and O–H groups in total. The molecule has 2 aromatic carbocycles. The maximum Gasteiger partial charge on any atom is 0.315 e. The lowest BCUT2D eigenvalue weighted by Gasteiger charge is -2.16. The molecular weight excluding hydrogens is 392 g/mol. The average Bonchev–Trinajstić information content (AvgIpc) is 3.33. The van der Waals surface area contributed by atoms with Crippen molar-refractivity contribution in [2.75, 3.05) is 6.54 Å². The monoisotopic (exact) mass is 412 g/mol.